The predicted octanol–water partition coefficient (Wildman–Crippen LogP) is 3.14. The fourth-order valence-corrected chi connectivity index (χ4v) is 2.17. The summed E-state index contributed by atoms with van der Waals surface area (Å²) in [5.74, 6) is 0.868. The van der Waals surface area contributed by atoms with Crippen LogP contribution in [0.5, 0.6) is 0 Å². The molecule has 1 N–H and O–H groups in total. The second-order valence-corrected chi connectivity index (χ2v) is 4.67. The van der Waals surface area contributed by atoms with E-state index in [0.717, 1.165) is 16.7 Å². The Kier molecular flexibility index (Phi) is 2.91. The van der Waals surface area contributed by atoms with Gasteiger partial charge in [-0.25, -0.2) is 4.98 Å². The lowest BCUT2D eigenvalue weighted by molar-refractivity contribution is 0.796. The van der Waals surface area contributed by atoms with Gasteiger partial charge in [-0.2, -0.15) is 5.10 Å². The molecule has 0 radical (unpaired) electrons. The van der Waals surface area contributed by atoms with Crippen molar-refractivity contribution in [2.75, 3.05) is 5.32 Å². The molecule has 0 unspecified atom stereocenters. The molecule has 1 atom stereocenters. The normalized spacial score (nSPS) is 12.5. The summed E-state index contributed by atoms with van der Waals surface area (Å²) in [7, 11) is 1.94. The maximum atomic E-state index is 4.42. The Morgan fingerprint density at radius 1 is 1.16 bits per heavy atom. The number of pyridine rings is 1. The molecule has 2 heterocycles. The second-order valence-electron chi connectivity index (χ2n) is 4.67. The molecule has 0 saturated carbocycles. The summed E-state index contributed by atoms with van der Waals surface area (Å²) in [6.45, 7) is 2.13. The molecule has 2 aromatic heterocycles. The fraction of sp³-hybridized carbons (Fsp3) is 0.200. The Bertz CT molecular complexity index is 688. The van der Waals surface area contributed by atoms with Gasteiger partial charge in [-0.15, -0.1) is 0 Å². The van der Waals surface area contributed by atoms with Crippen LogP contribution in [0.2, 0.25) is 0 Å². The molecule has 3 aromatic rings. The number of aromatic nitrogens is 3. The van der Waals surface area contributed by atoms with Gasteiger partial charge in [0, 0.05) is 30.7 Å². The zero-order valence-electron chi connectivity index (χ0n) is 11.0. The van der Waals surface area contributed by atoms with Crippen LogP contribution < -0.4 is 5.32 Å². The van der Waals surface area contributed by atoms with E-state index in [9.17, 15) is 0 Å². The summed E-state index contributed by atoms with van der Waals surface area (Å²) in [5, 5.41) is 8.69. The Morgan fingerprint density at radius 2 is 1.95 bits per heavy atom. The van der Waals surface area contributed by atoms with Gasteiger partial charge >= 0.3 is 0 Å². The highest BCUT2D eigenvalue weighted by Crippen LogP contribution is 2.20. The molecule has 0 spiro atoms. The largest absolute Gasteiger partial charge is 0.363 e. The molecule has 0 amide bonds. The molecular weight excluding hydrogens is 236 g/mol. The molecule has 4 nitrogen and oxygen atoms in total. The van der Waals surface area contributed by atoms with E-state index in [1.807, 2.05) is 48.4 Å². The topological polar surface area (TPSA) is 42.7 Å². The monoisotopic (exact) mass is 252 g/mol. The Hall–Kier alpha value is -2.36. The van der Waals surface area contributed by atoms with Crippen LogP contribution in [0.4, 0.5) is 5.82 Å². The lowest BCUT2D eigenvalue weighted by Crippen LogP contribution is -2.07. The molecule has 0 bridgehead atoms. The molecule has 96 valence electrons. The van der Waals surface area contributed by atoms with Gasteiger partial charge < -0.3 is 5.32 Å². The number of benzene rings is 1. The van der Waals surface area contributed by atoms with Crippen molar-refractivity contribution < 1.29 is 0 Å². The van der Waals surface area contributed by atoms with Crippen molar-refractivity contribution in [1.82, 2.24) is 14.8 Å². The Morgan fingerprint density at radius 3 is 2.74 bits per heavy atom. The molecule has 0 aliphatic rings. The van der Waals surface area contributed by atoms with E-state index in [-0.39, 0.29) is 6.04 Å². The Balaban J connectivity index is 1.87. The van der Waals surface area contributed by atoms with Crippen LogP contribution in [0.3, 0.4) is 0 Å². The number of nitrogens with zero attached hydrogens (tertiary/aromatic N) is 3. The van der Waals surface area contributed by atoms with Gasteiger partial charge in [0.1, 0.15) is 5.82 Å². The number of fused-ring (bicyclic) bond motifs is 1. The minimum atomic E-state index is 0.222. The smallest absolute Gasteiger partial charge is 0.128 e. The third-order valence-corrected chi connectivity index (χ3v) is 3.29. The lowest BCUT2D eigenvalue weighted by atomic mass is 10.1. The number of nitrogens with one attached hydrogen (secondary N) is 1. The fourth-order valence-electron chi connectivity index (χ4n) is 2.17. The van der Waals surface area contributed by atoms with E-state index >= 15 is 0 Å². The van der Waals surface area contributed by atoms with E-state index in [0.29, 0.717) is 0 Å². The minimum absolute atomic E-state index is 0.222. The number of anilines is 1. The van der Waals surface area contributed by atoms with Gasteiger partial charge in [0.05, 0.1) is 11.7 Å². The van der Waals surface area contributed by atoms with Crippen LogP contribution in [0.25, 0.3) is 10.9 Å². The third kappa shape index (κ3) is 2.29. The van der Waals surface area contributed by atoms with Crippen LogP contribution in [0, 0.1) is 0 Å². The van der Waals surface area contributed by atoms with Crippen molar-refractivity contribution in [3.63, 3.8) is 0 Å². The molecule has 1 aromatic carbocycles. The molecule has 0 fully saturated rings. The Labute approximate surface area is 112 Å². The van der Waals surface area contributed by atoms with Gasteiger partial charge in [-0.1, -0.05) is 30.3 Å². The van der Waals surface area contributed by atoms with Crippen molar-refractivity contribution in [3.05, 3.63) is 54.4 Å². The molecule has 3 rings (SSSR count). The first-order valence-electron chi connectivity index (χ1n) is 6.33. The number of rotatable bonds is 3. The number of hydrogen-bond acceptors (Lipinski definition) is 3. The second kappa shape index (κ2) is 4.72. The summed E-state index contributed by atoms with van der Waals surface area (Å²) in [6.07, 6.45) is 3.68. The van der Waals surface area contributed by atoms with Crippen LogP contribution >= 0.6 is 0 Å². The third-order valence-electron chi connectivity index (χ3n) is 3.29. The minimum Gasteiger partial charge on any atom is -0.363 e. The van der Waals surface area contributed by atoms with Crippen molar-refractivity contribution in [3.8, 4) is 0 Å². The van der Waals surface area contributed by atoms with Crippen molar-refractivity contribution in [1.29, 1.82) is 0 Å². The van der Waals surface area contributed by atoms with E-state index < -0.39 is 0 Å². The first-order valence-corrected chi connectivity index (χ1v) is 6.33. The average Bonchev–Trinajstić information content (AvgIpc) is 2.81. The first-order chi connectivity index (χ1) is 9.24. The van der Waals surface area contributed by atoms with Crippen molar-refractivity contribution in [2.45, 2.75) is 13.0 Å². The van der Waals surface area contributed by atoms with Crippen molar-refractivity contribution in [2.24, 2.45) is 7.05 Å². The zero-order chi connectivity index (χ0) is 13.2. The highest BCUT2D eigenvalue weighted by atomic mass is 15.2. The maximum absolute atomic E-state index is 4.42. The first kappa shape index (κ1) is 11.7. The highest BCUT2D eigenvalue weighted by molar-refractivity contribution is 5.80. The van der Waals surface area contributed by atoms with Crippen LogP contribution in [-0.2, 0) is 7.05 Å². The van der Waals surface area contributed by atoms with Gasteiger partial charge in [0.15, 0.2) is 0 Å². The number of aryl methyl sites for hydroxylation is 1. The van der Waals surface area contributed by atoms with E-state index in [2.05, 4.69) is 34.5 Å². The molecule has 19 heavy (non-hydrogen) atoms. The summed E-state index contributed by atoms with van der Waals surface area (Å²) >= 11 is 0. The van der Waals surface area contributed by atoms with Crippen LogP contribution in [0.15, 0.2) is 48.8 Å². The molecule has 0 aliphatic carbocycles. The summed E-state index contributed by atoms with van der Waals surface area (Å²) in [6, 6.07) is 12.6. The van der Waals surface area contributed by atoms with Gasteiger partial charge in [-0.3, -0.25) is 4.68 Å². The molecule has 0 aliphatic heterocycles. The van der Waals surface area contributed by atoms with Crippen LogP contribution in [0.1, 0.15) is 18.5 Å². The lowest BCUT2D eigenvalue weighted by Gasteiger charge is -2.14. The quantitative estimate of drug-likeness (QED) is 0.778. The van der Waals surface area contributed by atoms with Crippen molar-refractivity contribution >= 4 is 16.7 Å². The highest BCUT2D eigenvalue weighted by Gasteiger charge is 2.07. The summed E-state index contributed by atoms with van der Waals surface area (Å²) in [5.41, 5.74) is 2.33. The predicted molar refractivity (Wildman–Crippen MR) is 77.0 cm³/mol. The van der Waals surface area contributed by atoms with E-state index in [4.69, 9.17) is 0 Å². The molecule has 4 heteroatoms. The van der Waals surface area contributed by atoms with Crippen LogP contribution in [-0.4, -0.2) is 14.8 Å². The summed E-state index contributed by atoms with van der Waals surface area (Å²) < 4.78 is 1.86. The summed E-state index contributed by atoms with van der Waals surface area (Å²) in [4.78, 5) is 4.42. The maximum Gasteiger partial charge on any atom is 0.128 e. The van der Waals surface area contributed by atoms with Gasteiger partial charge in [0.25, 0.3) is 0 Å². The van der Waals surface area contributed by atoms with E-state index in [1.54, 1.807) is 0 Å². The molecule has 0 saturated heterocycles. The zero-order valence-corrected chi connectivity index (χ0v) is 11.0. The van der Waals surface area contributed by atoms with E-state index in [1.165, 1.54) is 5.56 Å². The van der Waals surface area contributed by atoms with Gasteiger partial charge in [0.2, 0.25) is 0 Å². The standard InChI is InChI=1S/C15H16N4/c1-11(12-6-4-3-5-7-12)18-15-8-14-13(9-16-15)10-17-19(14)2/h3-11H,1-2H3,(H,16,18)/t11-/m0/s1. The average molecular weight is 252 g/mol. The SMILES string of the molecule is C[C@H](Nc1cc2c(cn1)cnn2C)c1ccccc1. The number of hydrogen-bond donors (Lipinski definition) is 1. The molecular formula is C15H16N4. The van der Waals surface area contributed by atoms with Gasteiger partial charge in [-0.05, 0) is 12.5 Å².